The normalized spacial score (nSPS) is 16.4. The minimum Gasteiger partial charge on any atom is -0.367 e. The van der Waals surface area contributed by atoms with Gasteiger partial charge in [0.2, 0.25) is 0 Å². The van der Waals surface area contributed by atoms with E-state index in [2.05, 4.69) is 5.32 Å². The molecule has 1 amide bonds. The molecule has 0 unspecified atom stereocenters. The molecule has 2 aromatic rings. The van der Waals surface area contributed by atoms with Gasteiger partial charge in [0.1, 0.15) is 4.32 Å². The van der Waals surface area contributed by atoms with Crippen molar-refractivity contribution in [3.8, 4) is 0 Å². The summed E-state index contributed by atoms with van der Waals surface area (Å²) >= 11 is 6.39. The van der Waals surface area contributed by atoms with Gasteiger partial charge in [-0.15, -0.1) is 0 Å². The Labute approximate surface area is 157 Å². The number of halogens is 3. The lowest BCUT2D eigenvalue weighted by molar-refractivity contribution is -0.137. The number of thioether (sulfide) groups is 1. The highest BCUT2D eigenvalue weighted by Gasteiger charge is 2.32. The molecule has 3 rings (SSSR count). The van der Waals surface area contributed by atoms with Crippen LogP contribution in [0.3, 0.4) is 0 Å². The number of carbonyl (C=O) groups excluding carboxylic acids is 1. The average Bonchev–Trinajstić information content (AvgIpc) is 2.87. The van der Waals surface area contributed by atoms with Crippen LogP contribution in [0.15, 0.2) is 59.5 Å². The van der Waals surface area contributed by atoms with Gasteiger partial charge in [0.25, 0.3) is 5.91 Å². The topological polar surface area (TPSA) is 32.3 Å². The third-order valence-electron chi connectivity index (χ3n) is 3.60. The van der Waals surface area contributed by atoms with Crippen molar-refractivity contribution in [1.29, 1.82) is 0 Å². The molecule has 0 aromatic heterocycles. The van der Waals surface area contributed by atoms with Crippen LogP contribution in [-0.4, -0.2) is 21.8 Å². The van der Waals surface area contributed by atoms with Gasteiger partial charge in [-0.2, -0.15) is 13.2 Å². The van der Waals surface area contributed by atoms with Crippen LogP contribution in [0.2, 0.25) is 0 Å². The number of rotatable bonds is 4. The molecule has 0 radical (unpaired) electrons. The summed E-state index contributed by atoms with van der Waals surface area (Å²) in [6, 6.07) is 14.1. The molecule has 8 heteroatoms. The van der Waals surface area contributed by atoms with E-state index in [1.807, 2.05) is 30.3 Å². The predicted octanol–water partition coefficient (Wildman–Crippen LogP) is 4.98. The molecule has 1 fully saturated rings. The van der Waals surface area contributed by atoms with E-state index in [1.54, 1.807) is 6.08 Å². The minimum absolute atomic E-state index is 0.00188. The van der Waals surface area contributed by atoms with Crippen molar-refractivity contribution in [1.82, 2.24) is 4.90 Å². The van der Waals surface area contributed by atoms with Gasteiger partial charge in [-0.25, -0.2) is 0 Å². The number of anilines is 1. The van der Waals surface area contributed by atoms with Crippen molar-refractivity contribution in [3.63, 3.8) is 0 Å². The molecule has 1 aliphatic rings. The number of nitrogens with zero attached hydrogens (tertiary/aromatic N) is 1. The Morgan fingerprint density at radius 1 is 1.12 bits per heavy atom. The lowest BCUT2D eigenvalue weighted by Crippen LogP contribution is -2.33. The quantitative estimate of drug-likeness (QED) is 0.586. The van der Waals surface area contributed by atoms with E-state index in [-0.39, 0.29) is 18.3 Å². The van der Waals surface area contributed by atoms with Crippen molar-refractivity contribution in [2.24, 2.45) is 0 Å². The Balaban J connectivity index is 1.70. The van der Waals surface area contributed by atoms with Gasteiger partial charge in [0.05, 0.1) is 17.1 Å². The smallest absolute Gasteiger partial charge is 0.367 e. The van der Waals surface area contributed by atoms with Crippen LogP contribution in [0.25, 0.3) is 6.08 Å². The Morgan fingerprint density at radius 3 is 2.54 bits per heavy atom. The molecular formula is C18H13F3N2OS2. The van der Waals surface area contributed by atoms with Crippen LogP contribution < -0.4 is 5.32 Å². The Morgan fingerprint density at radius 2 is 1.85 bits per heavy atom. The lowest BCUT2D eigenvalue weighted by atomic mass is 10.2. The number of hydrogen-bond donors (Lipinski definition) is 1. The summed E-state index contributed by atoms with van der Waals surface area (Å²) in [7, 11) is 0. The summed E-state index contributed by atoms with van der Waals surface area (Å²) in [6.07, 6.45) is -2.68. The van der Waals surface area contributed by atoms with E-state index < -0.39 is 11.7 Å². The number of benzene rings is 2. The molecule has 0 aliphatic carbocycles. The van der Waals surface area contributed by atoms with Gasteiger partial charge in [-0.1, -0.05) is 60.4 Å². The van der Waals surface area contributed by atoms with E-state index in [0.717, 1.165) is 17.7 Å². The number of carbonyl (C=O) groups is 1. The predicted molar refractivity (Wildman–Crippen MR) is 101 cm³/mol. The van der Waals surface area contributed by atoms with Gasteiger partial charge in [-0.3, -0.25) is 9.69 Å². The number of hydrogen-bond acceptors (Lipinski definition) is 4. The maximum absolute atomic E-state index is 12.8. The molecule has 26 heavy (non-hydrogen) atoms. The second-order valence-corrected chi connectivity index (χ2v) is 7.11. The summed E-state index contributed by atoms with van der Waals surface area (Å²) < 4.78 is 38.7. The molecule has 0 saturated carbocycles. The highest BCUT2D eigenvalue weighted by molar-refractivity contribution is 8.26. The fourth-order valence-electron chi connectivity index (χ4n) is 2.31. The Bertz CT molecular complexity index is 866. The molecule has 1 N–H and O–H groups in total. The zero-order chi connectivity index (χ0) is 18.7. The second-order valence-electron chi connectivity index (χ2n) is 5.43. The highest BCUT2D eigenvalue weighted by atomic mass is 32.2. The standard InChI is InChI=1S/C18H13F3N2OS2/c19-18(20,21)13-7-4-8-14(10-13)22-11-23-16(24)15(26-17(23)25)9-12-5-2-1-3-6-12/h1-10,22H,11H2. The molecule has 3 nitrogen and oxygen atoms in total. The van der Waals surface area contributed by atoms with E-state index >= 15 is 0 Å². The first-order valence-corrected chi connectivity index (χ1v) is 8.78. The van der Waals surface area contributed by atoms with Crippen molar-refractivity contribution in [2.75, 3.05) is 12.0 Å². The largest absolute Gasteiger partial charge is 0.416 e. The molecule has 134 valence electrons. The van der Waals surface area contributed by atoms with Crippen molar-refractivity contribution in [3.05, 3.63) is 70.6 Å². The molecule has 1 saturated heterocycles. The monoisotopic (exact) mass is 394 g/mol. The van der Waals surface area contributed by atoms with Crippen LogP contribution in [0.4, 0.5) is 18.9 Å². The van der Waals surface area contributed by atoms with Gasteiger partial charge in [0, 0.05) is 5.69 Å². The number of thiocarbonyl (C=S) groups is 1. The first kappa shape index (κ1) is 18.5. The zero-order valence-electron chi connectivity index (χ0n) is 13.3. The molecule has 2 aromatic carbocycles. The van der Waals surface area contributed by atoms with Gasteiger partial charge in [-0.05, 0) is 29.8 Å². The number of alkyl halides is 3. The summed E-state index contributed by atoms with van der Waals surface area (Å²) in [5.74, 6) is -0.275. The van der Waals surface area contributed by atoms with Crippen LogP contribution >= 0.6 is 24.0 Å². The molecule has 1 aliphatic heterocycles. The fraction of sp³-hybridized carbons (Fsp3) is 0.111. The molecule has 0 spiro atoms. The first-order chi connectivity index (χ1) is 12.3. The minimum atomic E-state index is -4.42. The fourth-order valence-corrected chi connectivity index (χ4v) is 3.57. The summed E-state index contributed by atoms with van der Waals surface area (Å²) in [4.78, 5) is 14.3. The first-order valence-electron chi connectivity index (χ1n) is 7.56. The van der Waals surface area contributed by atoms with Crippen molar-refractivity contribution in [2.45, 2.75) is 6.18 Å². The molecular weight excluding hydrogens is 381 g/mol. The summed E-state index contributed by atoms with van der Waals surface area (Å²) in [5, 5.41) is 2.82. The van der Waals surface area contributed by atoms with Crippen molar-refractivity contribution >= 4 is 46.0 Å². The molecule has 0 bridgehead atoms. The van der Waals surface area contributed by atoms with Crippen LogP contribution in [-0.2, 0) is 11.0 Å². The van der Waals surface area contributed by atoms with E-state index in [4.69, 9.17) is 12.2 Å². The van der Waals surface area contributed by atoms with E-state index in [9.17, 15) is 18.0 Å². The highest BCUT2D eigenvalue weighted by Crippen LogP contribution is 2.33. The number of amides is 1. The van der Waals surface area contributed by atoms with Crippen LogP contribution in [0, 0.1) is 0 Å². The summed E-state index contributed by atoms with van der Waals surface area (Å²) in [5.41, 5.74) is 0.386. The van der Waals surface area contributed by atoms with Gasteiger partial charge in [0.15, 0.2) is 0 Å². The zero-order valence-corrected chi connectivity index (χ0v) is 14.9. The third kappa shape index (κ3) is 4.25. The maximum Gasteiger partial charge on any atom is 0.416 e. The number of nitrogens with one attached hydrogen (secondary N) is 1. The summed E-state index contributed by atoms with van der Waals surface area (Å²) in [6.45, 7) is -0.00188. The SMILES string of the molecule is O=C1C(=Cc2ccccc2)SC(=S)N1CNc1cccc(C(F)(F)F)c1. The lowest BCUT2D eigenvalue weighted by Gasteiger charge is -2.17. The van der Waals surface area contributed by atoms with Crippen LogP contribution in [0.5, 0.6) is 0 Å². The third-order valence-corrected chi connectivity index (χ3v) is 4.98. The maximum atomic E-state index is 12.8. The molecule has 1 heterocycles. The Hall–Kier alpha value is -2.32. The molecule has 0 atom stereocenters. The van der Waals surface area contributed by atoms with Crippen LogP contribution in [0.1, 0.15) is 11.1 Å². The average molecular weight is 394 g/mol. The van der Waals surface area contributed by atoms with E-state index in [0.29, 0.717) is 9.23 Å². The Kier molecular flexibility index (Phi) is 5.33. The van der Waals surface area contributed by atoms with E-state index in [1.165, 1.54) is 28.8 Å². The van der Waals surface area contributed by atoms with Crippen molar-refractivity contribution < 1.29 is 18.0 Å². The van der Waals surface area contributed by atoms with Gasteiger partial charge >= 0.3 is 6.18 Å². The van der Waals surface area contributed by atoms with Gasteiger partial charge < -0.3 is 5.32 Å². The second kappa shape index (κ2) is 7.51.